The number of hydrogen-bond donors (Lipinski definition) is 4. The SMILES string of the molecule is NC(N)=NCCCC(=O)Nc1ccc(CCC(=O)O)cc1. The molecule has 21 heavy (non-hydrogen) atoms. The highest BCUT2D eigenvalue weighted by Gasteiger charge is 2.03. The summed E-state index contributed by atoms with van der Waals surface area (Å²) in [6.45, 7) is 0.421. The van der Waals surface area contributed by atoms with Gasteiger partial charge in [-0.15, -0.1) is 0 Å². The summed E-state index contributed by atoms with van der Waals surface area (Å²) >= 11 is 0. The number of carbonyl (C=O) groups is 2. The number of carbonyl (C=O) groups excluding carboxylic acids is 1. The maximum absolute atomic E-state index is 11.7. The van der Waals surface area contributed by atoms with Gasteiger partial charge in [0.15, 0.2) is 5.96 Å². The van der Waals surface area contributed by atoms with Crippen molar-refractivity contribution in [3.8, 4) is 0 Å². The standard InChI is InChI=1S/C14H20N4O3/c15-14(16)17-9-1-2-12(19)18-11-6-3-10(4-7-11)5-8-13(20)21/h3-4,6-7H,1-2,5,8-9H2,(H,18,19)(H,20,21)(H4,15,16,17). The van der Waals surface area contributed by atoms with Crippen LogP contribution in [0.5, 0.6) is 0 Å². The van der Waals surface area contributed by atoms with E-state index in [0.717, 1.165) is 5.56 Å². The Morgan fingerprint density at radius 3 is 2.38 bits per heavy atom. The molecule has 0 aromatic heterocycles. The zero-order valence-corrected chi connectivity index (χ0v) is 11.7. The first-order chi connectivity index (χ1) is 9.97. The average Bonchev–Trinajstić information content (AvgIpc) is 2.42. The first-order valence-corrected chi connectivity index (χ1v) is 6.63. The van der Waals surface area contributed by atoms with Gasteiger partial charge < -0.3 is 21.9 Å². The van der Waals surface area contributed by atoms with E-state index in [2.05, 4.69) is 10.3 Å². The van der Waals surface area contributed by atoms with Crippen molar-refractivity contribution in [3.63, 3.8) is 0 Å². The van der Waals surface area contributed by atoms with Gasteiger partial charge in [0, 0.05) is 25.1 Å². The Bertz CT molecular complexity index is 507. The molecule has 114 valence electrons. The van der Waals surface area contributed by atoms with Gasteiger partial charge in [-0.3, -0.25) is 14.6 Å². The number of amides is 1. The first kappa shape index (κ1) is 16.5. The Hall–Kier alpha value is -2.57. The number of anilines is 1. The van der Waals surface area contributed by atoms with Crippen molar-refractivity contribution in [2.45, 2.75) is 25.7 Å². The second kappa shape index (κ2) is 8.57. The molecule has 0 bridgehead atoms. The molecule has 0 atom stereocenters. The van der Waals surface area contributed by atoms with E-state index in [4.69, 9.17) is 16.6 Å². The van der Waals surface area contributed by atoms with Gasteiger partial charge in [0.05, 0.1) is 0 Å². The second-order valence-corrected chi connectivity index (χ2v) is 4.55. The minimum absolute atomic E-state index is 0.0207. The lowest BCUT2D eigenvalue weighted by Crippen LogP contribution is -2.23. The van der Waals surface area contributed by atoms with Gasteiger partial charge in [0.25, 0.3) is 0 Å². The number of nitrogens with zero attached hydrogens (tertiary/aromatic N) is 1. The topological polar surface area (TPSA) is 131 Å². The Morgan fingerprint density at radius 2 is 1.81 bits per heavy atom. The van der Waals surface area contributed by atoms with Crippen molar-refractivity contribution in [2.75, 3.05) is 11.9 Å². The number of benzene rings is 1. The van der Waals surface area contributed by atoms with E-state index in [1.54, 1.807) is 24.3 Å². The Balaban J connectivity index is 2.35. The number of carboxylic acids is 1. The van der Waals surface area contributed by atoms with Crippen LogP contribution in [0.2, 0.25) is 0 Å². The number of rotatable bonds is 8. The van der Waals surface area contributed by atoms with Crippen LogP contribution >= 0.6 is 0 Å². The molecule has 0 spiro atoms. The Labute approximate surface area is 123 Å². The van der Waals surface area contributed by atoms with E-state index in [0.29, 0.717) is 31.5 Å². The van der Waals surface area contributed by atoms with E-state index >= 15 is 0 Å². The van der Waals surface area contributed by atoms with Gasteiger partial charge >= 0.3 is 5.97 Å². The second-order valence-electron chi connectivity index (χ2n) is 4.55. The fourth-order valence-corrected chi connectivity index (χ4v) is 1.68. The number of nitrogens with two attached hydrogens (primary N) is 2. The number of carboxylic acid groups (broad SMARTS) is 1. The normalized spacial score (nSPS) is 9.90. The molecule has 0 aliphatic rings. The molecule has 0 heterocycles. The maximum atomic E-state index is 11.7. The lowest BCUT2D eigenvalue weighted by atomic mass is 10.1. The molecule has 1 aromatic rings. The summed E-state index contributed by atoms with van der Waals surface area (Å²) in [4.78, 5) is 25.9. The third-order valence-electron chi connectivity index (χ3n) is 2.72. The summed E-state index contributed by atoms with van der Waals surface area (Å²) < 4.78 is 0. The molecule has 1 rings (SSSR count). The Morgan fingerprint density at radius 1 is 1.14 bits per heavy atom. The summed E-state index contributed by atoms with van der Waals surface area (Å²) in [6, 6.07) is 7.12. The first-order valence-electron chi connectivity index (χ1n) is 6.63. The van der Waals surface area contributed by atoms with Crippen LogP contribution in [0.15, 0.2) is 29.3 Å². The number of aryl methyl sites for hydroxylation is 1. The van der Waals surface area contributed by atoms with Crippen molar-refractivity contribution in [1.29, 1.82) is 0 Å². The van der Waals surface area contributed by atoms with Crippen LogP contribution in [-0.4, -0.2) is 29.5 Å². The van der Waals surface area contributed by atoms with Gasteiger partial charge in [-0.05, 0) is 30.5 Å². The van der Waals surface area contributed by atoms with E-state index < -0.39 is 5.97 Å². The number of guanidine groups is 1. The molecule has 0 radical (unpaired) electrons. The van der Waals surface area contributed by atoms with E-state index in [1.807, 2.05) is 0 Å². The summed E-state index contributed by atoms with van der Waals surface area (Å²) in [5, 5.41) is 11.4. The molecule has 0 saturated carbocycles. The smallest absolute Gasteiger partial charge is 0.303 e. The minimum atomic E-state index is -0.826. The van der Waals surface area contributed by atoms with Crippen molar-refractivity contribution >= 4 is 23.5 Å². The molecule has 7 heteroatoms. The summed E-state index contributed by atoms with van der Waals surface area (Å²) in [6.07, 6.45) is 1.47. The molecule has 0 unspecified atom stereocenters. The molecule has 6 N–H and O–H groups in total. The lowest BCUT2D eigenvalue weighted by molar-refractivity contribution is -0.137. The van der Waals surface area contributed by atoms with Gasteiger partial charge in [-0.2, -0.15) is 0 Å². The number of hydrogen-bond acceptors (Lipinski definition) is 3. The molecule has 7 nitrogen and oxygen atoms in total. The third kappa shape index (κ3) is 7.56. The predicted molar refractivity (Wildman–Crippen MR) is 80.9 cm³/mol. The molecule has 0 saturated heterocycles. The van der Waals surface area contributed by atoms with Gasteiger partial charge in [-0.25, -0.2) is 0 Å². The molecule has 0 aliphatic carbocycles. The molecule has 1 amide bonds. The van der Waals surface area contributed by atoms with E-state index in [1.165, 1.54) is 0 Å². The number of aliphatic carboxylic acids is 1. The highest BCUT2D eigenvalue weighted by atomic mass is 16.4. The van der Waals surface area contributed by atoms with Crippen LogP contribution in [0.4, 0.5) is 5.69 Å². The molecule has 1 aromatic carbocycles. The van der Waals surface area contributed by atoms with Gasteiger partial charge in [0.2, 0.25) is 5.91 Å². The quantitative estimate of drug-likeness (QED) is 0.318. The van der Waals surface area contributed by atoms with Crippen LogP contribution in [-0.2, 0) is 16.0 Å². The third-order valence-corrected chi connectivity index (χ3v) is 2.72. The molecule has 0 fully saturated rings. The zero-order chi connectivity index (χ0) is 15.7. The highest BCUT2D eigenvalue weighted by molar-refractivity contribution is 5.90. The highest BCUT2D eigenvalue weighted by Crippen LogP contribution is 2.11. The van der Waals surface area contributed by atoms with E-state index in [-0.39, 0.29) is 18.3 Å². The minimum Gasteiger partial charge on any atom is -0.481 e. The Kier molecular flexibility index (Phi) is 6.73. The monoisotopic (exact) mass is 292 g/mol. The van der Waals surface area contributed by atoms with Crippen LogP contribution in [0, 0.1) is 0 Å². The van der Waals surface area contributed by atoms with Crippen molar-refractivity contribution in [2.24, 2.45) is 16.5 Å². The van der Waals surface area contributed by atoms with Crippen LogP contribution < -0.4 is 16.8 Å². The predicted octanol–water partition coefficient (Wildman–Crippen LogP) is 0.696. The van der Waals surface area contributed by atoms with E-state index in [9.17, 15) is 9.59 Å². The molecular formula is C14H20N4O3. The zero-order valence-electron chi connectivity index (χ0n) is 11.7. The van der Waals surface area contributed by atoms with Crippen LogP contribution in [0.3, 0.4) is 0 Å². The fraction of sp³-hybridized carbons (Fsp3) is 0.357. The molecular weight excluding hydrogens is 272 g/mol. The largest absolute Gasteiger partial charge is 0.481 e. The van der Waals surface area contributed by atoms with Gasteiger partial charge in [0.1, 0.15) is 0 Å². The summed E-state index contributed by atoms with van der Waals surface area (Å²) in [5.41, 5.74) is 12.0. The lowest BCUT2D eigenvalue weighted by Gasteiger charge is -2.06. The molecule has 0 aliphatic heterocycles. The van der Waals surface area contributed by atoms with Gasteiger partial charge in [-0.1, -0.05) is 12.1 Å². The number of aliphatic imine (C=N–C) groups is 1. The summed E-state index contributed by atoms with van der Waals surface area (Å²) in [5.74, 6) is -0.917. The van der Waals surface area contributed by atoms with Crippen molar-refractivity contribution in [3.05, 3.63) is 29.8 Å². The van der Waals surface area contributed by atoms with Crippen LogP contribution in [0.1, 0.15) is 24.8 Å². The number of nitrogens with one attached hydrogen (secondary N) is 1. The van der Waals surface area contributed by atoms with Crippen molar-refractivity contribution in [1.82, 2.24) is 0 Å². The maximum Gasteiger partial charge on any atom is 0.303 e. The summed E-state index contributed by atoms with van der Waals surface area (Å²) in [7, 11) is 0. The average molecular weight is 292 g/mol. The fourth-order valence-electron chi connectivity index (χ4n) is 1.68. The van der Waals surface area contributed by atoms with Crippen LogP contribution in [0.25, 0.3) is 0 Å². The van der Waals surface area contributed by atoms with Crippen molar-refractivity contribution < 1.29 is 14.7 Å².